The standard InChI is InChI=1S/C15H21FN4O.HI/c16-13-8-4-3-7-12(13)14(21)18-9-10-19-15(17)20-11-5-1-2-6-11;/h3-4,7-8,11H,1-2,5-6,9-10H2,(H,18,21)(H3,17,19,20);1H. The van der Waals surface area contributed by atoms with Crippen molar-refractivity contribution in [2.45, 2.75) is 31.7 Å². The van der Waals surface area contributed by atoms with E-state index < -0.39 is 11.7 Å². The molecule has 4 N–H and O–H groups in total. The van der Waals surface area contributed by atoms with Crippen molar-refractivity contribution in [2.24, 2.45) is 10.7 Å². The first-order chi connectivity index (χ1) is 10.2. The largest absolute Gasteiger partial charge is 0.370 e. The van der Waals surface area contributed by atoms with Crippen LogP contribution in [0, 0.1) is 5.82 Å². The molecule has 1 aliphatic rings. The number of nitrogens with one attached hydrogen (secondary N) is 2. The van der Waals surface area contributed by atoms with E-state index in [1.54, 1.807) is 12.1 Å². The summed E-state index contributed by atoms with van der Waals surface area (Å²) in [5, 5.41) is 5.78. The van der Waals surface area contributed by atoms with Crippen LogP contribution in [0.2, 0.25) is 0 Å². The van der Waals surface area contributed by atoms with Gasteiger partial charge in [0.1, 0.15) is 5.82 Å². The van der Waals surface area contributed by atoms with Crippen LogP contribution >= 0.6 is 24.0 Å². The normalized spacial score (nSPS) is 15.2. The maximum absolute atomic E-state index is 13.4. The molecule has 1 fully saturated rings. The number of nitrogens with zero attached hydrogens (tertiary/aromatic N) is 1. The van der Waals surface area contributed by atoms with Crippen molar-refractivity contribution in [1.82, 2.24) is 10.6 Å². The molecule has 0 saturated heterocycles. The summed E-state index contributed by atoms with van der Waals surface area (Å²) in [7, 11) is 0. The van der Waals surface area contributed by atoms with Gasteiger partial charge in [0.25, 0.3) is 5.91 Å². The minimum Gasteiger partial charge on any atom is -0.370 e. The van der Waals surface area contributed by atoms with E-state index in [0.717, 1.165) is 12.8 Å². The molecule has 22 heavy (non-hydrogen) atoms. The Morgan fingerprint density at radius 3 is 2.68 bits per heavy atom. The summed E-state index contributed by atoms with van der Waals surface area (Å²) in [6, 6.07) is 6.30. The predicted octanol–water partition coefficient (Wildman–Crippen LogP) is 2.02. The zero-order chi connectivity index (χ0) is 15.1. The highest BCUT2D eigenvalue weighted by molar-refractivity contribution is 14.0. The van der Waals surface area contributed by atoms with E-state index in [4.69, 9.17) is 5.73 Å². The molecule has 1 amide bonds. The number of carbonyl (C=O) groups excluding carboxylic acids is 1. The van der Waals surface area contributed by atoms with Crippen LogP contribution in [-0.2, 0) is 0 Å². The highest BCUT2D eigenvalue weighted by Gasteiger charge is 2.14. The van der Waals surface area contributed by atoms with Crippen molar-refractivity contribution in [3.05, 3.63) is 35.6 Å². The number of carbonyl (C=O) groups is 1. The molecular formula is C15H22FIN4O. The van der Waals surface area contributed by atoms with E-state index in [-0.39, 0.29) is 29.5 Å². The molecule has 0 atom stereocenters. The van der Waals surface area contributed by atoms with Gasteiger partial charge in [-0.2, -0.15) is 0 Å². The SMILES string of the molecule is I.NC(=NCCNC(=O)c1ccccc1F)NC1CCCC1. The van der Waals surface area contributed by atoms with Crippen LogP contribution in [-0.4, -0.2) is 31.0 Å². The Hall–Kier alpha value is -1.38. The van der Waals surface area contributed by atoms with E-state index in [9.17, 15) is 9.18 Å². The lowest BCUT2D eigenvalue weighted by Crippen LogP contribution is -2.39. The summed E-state index contributed by atoms with van der Waals surface area (Å²) in [6.45, 7) is 0.686. The Morgan fingerprint density at radius 1 is 1.32 bits per heavy atom. The van der Waals surface area contributed by atoms with Crippen LogP contribution in [0.3, 0.4) is 0 Å². The van der Waals surface area contributed by atoms with Gasteiger partial charge in [0, 0.05) is 12.6 Å². The third-order valence-corrected chi connectivity index (χ3v) is 3.51. The average Bonchev–Trinajstić information content (AvgIpc) is 2.96. The second kappa shape index (κ2) is 9.60. The molecule has 1 saturated carbocycles. The Morgan fingerprint density at radius 2 is 2.00 bits per heavy atom. The van der Waals surface area contributed by atoms with Gasteiger partial charge in [-0.25, -0.2) is 4.39 Å². The second-order valence-electron chi connectivity index (χ2n) is 5.13. The van der Waals surface area contributed by atoms with Crippen molar-refractivity contribution in [1.29, 1.82) is 0 Å². The Bertz CT molecular complexity index is 518. The van der Waals surface area contributed by atoms with Crippen molar-refractivity contribution in [3.63, 3.8) is 0 Å². The van der Waals surface area contributed by atoms with Gasteiger partial charge in [0.2, 0.25) is 0 Å². The van der Waals surface area contributed by atoms with E-state index in [1.807, 2.05) is 0 Å². The fourth-order valence-corrected chi connectivity index (χ4v) is 2.41. The van der Waals surface area contributed by atoms with Crippen LogP contribution in [0.4, 0.5) is 4.39 Å². The summed E-state index contributed by atoms with van der Waals surface area (Å²) in [6.07, 6.45) is 4.70. The van der Waals surface area contributed by atoms with Crippen molar-refractivity contribution in [3.8, 4) is 0 Å². The monoisotopic (exact) mass is 420 g/mol. The van der Waals surface area contributed by atoms with Gasteiger partial charge in [0.05, 0.1) is 12.1 Å². The Labute approximate surface area is 147 Å². The van der Waals surface area contributed by atoms with Crippen molar-refractivity contribution >= 4 is 35.8 Å². The van der Waals surface area contributed by atoms with Gasteiger partial charge in [-0.05, 0) is 25.0 Å². The summed E-state index contributed by atoms with van der Waals surface area (Å²) in [5.41, 5.74) is 5.81. The number of hydrogen-bond acceptors (Lipinski definition) is 2. The third kappa shape index (κ3) is 5.78. The fraction of sp³-hybridized carbons (Fsp3) is 0.467. The maximum atomic E-state index is 13.4. The smallest absolute Gasteiger partial charge is 0.254 e. The van der Waals surface area contributed by atoms with E-state index >= 15 is 0 Å². The number of hydrogen-bond donors (Lipinski definition) is 3. The summed E-state index contributed by atoms with van der Waals surface area (Å²) in [5.74, 6) is -0.562. The van der Waals surface area contributed by atoms with Crippen molar-refractivity contribution < 1.29 is 9.18 Å². The first-order valence-electron chi connectivity index (χ1n) is 7.26. The van der Waals surface area contributed by atoms with E-state index in [0.29, 0.717) is 25.1 Å². The molecule has 7 heteroatoms. The molecular weight excluding hydrogens is 398 g/mol. The number of benzene rings is 1. The quantitative estimate of drug-likeness (QED) is 0.295. The number of nitrogens with two attached hydrogens (primary N) is 1. The van der Waals surface area contributed by atoms with Gasteiger partial charge >= 0.3 is 0 Å². The highest BCUT2D eigenvalue weighted by Crippen LogP contribution is 2.17. The minimum absolute atomic E-state index is 0. The van der Waals surface area contributed by atoms with Gasteiger partial charge in [-0.1, -0.05) is 25.0 Å². The molecule has 0 bridgehead atoms. The molecule has 0 spiro atoms. The number of guanidine groups is 1. The van der Waals surface area contributed by atoms with Gasteiger partial charge < -0.3 is 16.4 Å². The second-order valence-corrected chi connectivity index (χ2v) is 5.13. The molecule has 1 aromatic carbocycles. The number of rotatable bonds is 5. The van der Waals surface area contributed by atoms with Crippen molar-refractivity contribution in [2.75, 3.05) is 13.1 Å². The van der Waals surface area contributed by atoms with Crippen LogP contribution < -0.4 is 16.4 Å². The maximum Gasteiger partial charge on any atom is 0.254 e. The van der Waals surface area contributed by atoms with E-state index in [2.05, 4.69) is 15.6 Å². The number of aliphatic imine (C=N–C) groups is 1. The molecule has 122 valence electrons. The number of halogens is 2. The fourth-order valence-electron chi connectivity index (χ4n) is 2.41. The Kier molecular flexibility index (Phi) is 8.15. The lowest BCUT2D eigenvalue weighted by molar-refractivity contribution is 0.0951. The number of amides is 1. The summed E-state index contributed by atoms with van der Waals surface area (Å²) >= 11 is 0. The van der Waals surface area contributed by atoms with Gasteiger partial charge in [-0.15, -0.1) is 24.0 Å². The third-order valence-electron chi connectivity index (χ3n) is 3.51. The van der Waals surface area contributed by atoms with E-state index in [1.165, 1.54) is 25.0 Å². The highest BCUT2D eigenvalue weighted by atomic mass is 127. The van der Waals surface area contributed by atoms with Crippen LogP contribution in [0.5, 0.6) is 0 Å². The summed E-state index contributed by atoms with van der Waals surface area (Å²) < 4.78 is 13.4. The molecule has 0 heterocycles. The summed E-state index contributed by atoms with van der Waals surface area (Å²) in [4.78, 5) is 15.9. The molecule has 5 nitrogen and oxygen atoms in total. The molecule has 1 aliphatic carbocycles. The molecule has 1 aromatic rings. The van der Waals surface area contributed by atoms with Gasteiger partial charge in [0.15, 0.2) is 5.96 Å². The first kappa shape index (κ1) is 18.7. The minimum atomic E-state index is -0.527. The Balaban J connectivity index is 0.00000242. The first-order valence-corrected chi connectivity index (χ1v) is 7.26. The predicted molar refractivity (Wildman–Crippen MR) is 96.0 cm³/mol. The lowest BCUT2D eigenvalue weighted by Gasteiger charge is -2.12. The van der Waals surface area contributed by atoms with Crippen LogP contribution in [0.25, 0.3) is 0 Å². The molecule has 0 aromatic heterocycles. The van der Waals surface area contributed by atoms with Gasteiger partial charge in [-0.3, -0.25) is 9.79 Å². The molecule has 0 aliphatic heterocycles. The zero-order valence-electron chi connectivity index (χ0n) is 12.3. The molecule has 0 radical (unpaired) electrons. The topological polar surface area (TPSA) is 79.5 Å². The zero-order valence-corrected chi connectivity index (χ0v) is 14.7. The lowest BCUT2D eigenvalue weighted by atomic mass is 10.2. The van der Waals surface area contributed by atoms with Crippen LogP contribution in [0.15, 0.2) is 29.3 Å². The van der Waals surface area contributed by atoms with Crippen LogP contribution in [0.1, 0.15) is 36.0 Å². The molecule has 0 unspecified atom stereocenters. The average molecular weight is 420 g/mol. The molecule has 2 rings (SSSR count).